The Bertz CT molecular complexity index is 881. The molecule has 2 aliphatic heterocycles. The number of amides is 2. The van der Waals surface area contributed by atoms with Gasteiger partial charge in [-0.3, -0.25) is 9.59 Å². The van der Waals surface area contributed by atoms with Crippen molar-refractivity contribution < 1.29 is 18.0 Å². The van der Waals surface area contributed by atoms with Crippen molar-refractivity contribution in [1.29, 1.82) is 0 Å². The second-order valence-electron chi connectivity index (χ2n) is 8.54. The summed E-state index contributed by atoms with van der Waals surface area (Å²) in [6, 6.07) is 6.85. The molecule has 2 amide bonds. The molecule has 8 nitrogen and oxygen atoms in total. The molecular weight excluding hydrogens is 404 g/mol. The van der Waals surface area contributed by atoms with E-state index < -0.39 is 27.2 Å². The molecule has 0 aliphatic carbocycles. The number of likely N-dealkylation sites (tertiary alicyclic amines) is 1. The van der Waals surface area contributed by atoms with Crippen LogP contribution in [0.2, 0.25) is 0 Å². The normalized spacial score (nSPS) is 23.0. The maximum Gasteiger partial charge on any atom is 0.239 e. The molecule has 30 heavy (non-hydrogen) atoms. The molecule has 0 aromatic heterocycles. The van der Waals surface area contributed by atoms with Crippen LogP contribution in [0.15, 0.2) is 24.3 Å². The predicted molar refractivity (Wildman–Crippen MR) is 117 cm³/mol. The minimum Gasteiger partial charge on any atom is -0.341 e. The van der Waals surface area contributed by atoms with Crippen LogP contribution in [0, 0.1) is 12.8 Å². The van der Waals surface area contributed by atoms with Gasteiger partial charge in [-0.2, -0.15) is 4.31 Å². The number of piperidine rings is 1. The third-order valence-electron chi connectivity index (χ3n) is 6.01. The number of rotatable bonds is 6. The highest BCUT2D eigenvalue weighted by Gasteiger charge is 2.41. The Hall–Kier alpha value is -1.97. The van der Waals surface area contributed by atoms with Gasteiger partial charge in [-0.1, -0.05) is 19.1 Å². The lowest BCUT2D eigenvalue weighted by Gasteiger charge is -2.32. The molecule has 1 aromatic rings. The minimum absolute atomic E-state index is 0.0144. The number of benzene rings is 1. The first-order chi connectivity index (χ1) is 14.2. The molecule has 1 aromatic carbocycles. The molecule has 3 rings (SSSR count). The number of hydrogen-bond donors (Lipinski definition) is 2. The van der Waals surface area contributed by atoms with E-state index in [1.54, 1.807) is 6.07 Å². The lowest BCUT2D eigenvalue weighted by atomic mass is 9.98. The highest BCUT2D eigenvalue weighted by molar-refractivity contribution is 7.89. The van der Waals surface area contributed by atoms with Crippen molar-refractivity contribution in [3.8, 4) is 0 Å². The molecule has 2 heterocycles. The molecule has 2 atom stereocenters. The molecule has 0 radical (unpaired) electrons. The molecule has 166 valence electrons. The van der Waals surface area contributed by atoms with Gasteiger partial charge in [-0.05, 0) is 49.8 Å². The average molecular weight is 437 g/mol. The van der Waals surface area contributed by atoms with E-state index in [4.69, 9.17) is 0 Å². The van der Waals surface area contributed by atoms with Crippen LogP contribution in [-0.2, 0) is 19.6 Å². The van der Waals surface area contributed by atoms with E-state index in [-0.39, 0.29) is 25.4 Å². The van der Waals surface area contributed by atoms with Crippen LogP contribution in [0.4, 0.5) is 5.69 Å². The molecule has 2 N–H and O–H groups in total. The van der Waals surface area contributed by atoms with Crippen molar-refractivity contribution in [2.24, 2.45) is 5.92 Å². The predicted octanol–water partition coefficient (Wildman–Crippen LogP) is 1.18. The van der Waals surface area contributed by atoms with Gasteiger partial charge in [0.2, 0.25) is 21.8 Å². The molecule has 0 bridgehead atoms. The molecule has 2 unspecified atom stereocenters. The van der Waals surface area contributed by atoms with Gasteiger partial charge in [0.05, 0.1) is 17.8 Å². The fourth-order valence-corrected chi connectivity index (χ4v) is 5.59. The van der Waals surface area contributed by atoms with Gasteiger partial charge < -0.3 is 15.5 Å². The first-order valence-corrected chi connectivity index (χ1v) is 12.0. The Morgan fingerprint density at radius 2 is 1.97 bits per heavy atom. The molecule has 0 saturated carbocycles. The summed E-state index contributed by atoms with van der Waals surface area (Å²) in [4.78, 5) is 26.9. The molecule has 9 heteroatoms. The Labute approximate surface area is 179 Å². The number of anilines is 1. The fourth-order valence-electron chi connectivity index (χ4n) is 4.04. The van der Waals surface area contributed by atoms with Crippen LogP contribution in [0.25, 0.3) is 0 Å². The number of carbonyl (C=O) groups excluding carboxylic acids is 2. The second kappa shape index (κ2) is 9.45. The summed E-state index contributed by atoms with van der Waals surface area (Å²) in [5, 5.41) is 5.09. The van der Waals surface area contributed by atoms with Crippen molar-refractivity contribution in [3.63, 3.8) is 0 Å². The lowest BCUT2D eigenvalue weighted by molar-refractivity contribution is -0.134. The summed E-state index contributed by atoms with van der Waals surface area (Å²) in [6.45, 7) is 5.51. The number of aryl methyl sites for hydroxylation is 1. The summed E-state index contributed by atoms with van der Waals surface area (Å²) in [7, 11) is -2.29. The Kier molecular flexibility index (Phi) is 7.15. The van der Waals surface area contributed by atoms with Crippen LogP contribution in [0.1, 0.15) is 31.7 Å². The van der Waals surface area contributed by atoms with E-state index in [1.165, 1.54) is 7.05 Å². The quantitative estimate of drug-likeness (QED) is 0.698. The van der Waals surface area contributed by atoms with Gasteiger partial charge in [-0.15, -0.1) is 0 Å². The van der Waals surface area contributed by atoms with E-state index in [1.807, 2.05) is 30.0 Å². The number of likely N-dealkylation sites (N-methyl/N-ethyl adjacent to an activating group) is 1. The molecule has 2 saturated heterocycles. The third-order valence-corrected chi connectivity index (χ3v) is 8.21. The molecule has 2 aliphatic rings. The standard InChI is InChI=1S/C21H32N4O4S/c1-15-7-9-25(10-8-15)21(27)19-12-18(13-22-19)30(28,29)24(3)14-20(26)23-17-6-4-5-16(2)11-17/h4-6,11,15,18-19,22H,7-10,12-14H2,1-3H3,(H,23,26). The van der Waals surface area contributed by atoms with Crippen LogP contribution in [0.3, 0.4) is 0 Å². The van der Waals surface area contributed by atoms with Gasteiger partial charge in [-0.25, -0.2) is 8.42 Å². The Morgan fingerprint density at radius 1 is 1.27 bits per heavy atom. The zero-order valence-corrected chi connectivity index (χ0v) is 18.7. The van der Waals surface area contributed by atoms with Crippen LogP contribution in [0.5, 0.6) is 0 Å². The summed E-state index contributed by atoms with van der Waals surface area (Å²) in [6.07, 6.45) is 2.20. The average Bonchev–Trinajstić information content (AvgIpc) is 3.19. The Morgan fingerprint density at radius 3 is 2.63 bits per heavy atom. The van der Waals surface area contributed by atoms with Gasteiger partial charge in [0.1, 0.15) is 0 Å². The largest absolute Gasteiger partial charge is 0.341 e. The summed E-state index contributed by atoms with van der Waals surface area (Å²) in [5.74, 6) is 0.213. The van der Waals surface area contributed by atoms with Crippen molar-refractivity contribution >= 4 is 27.5 Å². The summed E-state index contributed by atoms with van der Waals surface area (Å²) < 4.78 is 27.0. The van der Waals surface area contributed by atoms with Crippen molar-refractivity contribution in [2.75, 3.05) is 38.5 Å². The number of sulfonamides is 1. The van der Waals surface area contributed by atoms with E-state index >= 15 is 0 Å². The summed E-state index contributed by atoms with van der Waals surface area (Å²) >= 11 is 0. The number of nitrogens with one attached hydrogen (secondary N) is 2. The van der Waals surface area contributed by atoms with Gasteiger partial charge in [0.15, 0.2) is 0 Å². The van der Waals surface area contributed by atoms with Gasteiger partial charge in [0, 0.05) is 32.4 Å². The first kappa shape index (κ1) is 22.7. The highest BCUT2D eigenvalue weighted by Crippen LogP contribution is 2.22. The number of carbonyl (C=O) groups is 2. The fraction of sp³-hybridized carbons (Fsp3) is 0.619. The lowest BCUT2D eigenvalue weighted by Crippen LogP contribution is -2.46. The zero-order valence-electron chi connectivity index (χ0n) is 17.9. The third kappa shape index (κ3) is 5.39. The van der Waals surface area contributed by atoms with E-state index in [0.29, 0.717) is 11.6 Å². The topological polar surface area (TPSA) is 98.8 Å². The Balaban J connectivity index is 1.54. The van der Waals surface area contributed by atoms with Crippen LogP contribution in [-0.4, -0.2) is 74.0 Å². The van der Waals surface area contributed by atoms with E-state index in [2.05, 4.69) is 17.6 Å². The van der Waals surface area contributed by atoms with Gasteiger partial charge >= 0.3 is 0 Å². The number of nitrogens with zero attached hydrogens (tertiary/aromatic N) is 2. The smallest absolute Gasteiger partial charge is 0.239 e. The maximum absolute atomic E-state index is 12.9. The van der Waals surface area contributed by atoms with Crippen molar-refractivity contribution in [3.05, 3.63) is 29.8 Å². The maximum atomic E-state index is 12.9. The minimum atomic E-state index is -3.70. The van der Waals surface area contributed by atoms with Crippen LogP contribution < -0.4 is 10.6 Å². The molecule has 0 spiro atoms. The number of hydrogen-bond acceptors (Lipinski definition) is 5. The SMILES string of the molecule is Cc1cccc(NC(=O)CN(C)S(=O)(=O)C2CNC(C(=O)N3CCC(C)CC3)C2)c1. The first-order valence-electron chi connectivity index (χ1n) is 10.5. The van der Waals surface area contributed by atoms with Crippen molar-refractivity contribution in [1.82, 2.24) is 14.5 Å². The highest BCUT2D eigenvalue weighted by atomic mass is 32.2. The van der Waals surface area contributed by atoms with Crippen molar-refractivity contribution in [2.45, 2.75) is 44.4 Å². The second-order valence-corrected chi connectivity index (χ2v) is 10.9. The van der Waals surface area contributed by atoms with Gasteiger partial charge in [0.25, 0.3) is 0 Å². The van der Waals surface area contributed by atoms with E-state index in [9.17, 15) is 18.0 Å². The zero-order chi connectivity index (χ0) is 21.9. The monoisotopic (exact) mass is 436 g/mol. The molecular formula is C21H32N4O4S. The molecule has 2 fully saturated rings. The van der Waals surface area contributed by atoms with Crippen LogP contribution >= 0.6 is 0 Å². The van der Waals surface area contributed by atoms with E-state index in [0.717, 1.165) is 35.8 Å². The summed E-state index contributed by atoms with van der Waals surface area (Å²) in [5.41, 5.74) is 1.64.